The summed E-state index contributed by atoms with van der Waals surface area (Å²) in [6.45, 7) is 12.6. The van der Waals surface area contributed by atoms with Crippen molar-refractivity contribution in [2.75, 3.05) is 0 Å². The van der Waals surface area contributed by atoms with Crippen LogP contribution < -0.4 is 11.5 Å². The summed E-state index contributed by atoms with van der Waals surface area (Å²) in [6, 6.07) is 0. The SMILES string of the molecule is CC(C)(C)C1=C(N)C=CC(O)(C(C)(C)C)C1.NC=O. The number of carbonyl (C=O) groups is 1. The summed E-state index contributed by atoms with van der Waals surface area (Å²) in [5.41, 5.74) is 11.2. The minimum atomic E-state index is -0.793. The number of allylic oxidation sites excluding steroid dienone is 1. The molecule has 0 spiro atoms. The van der Waals surface area contributed by atoms with E-state index in [1.54, 1.807) is 0 Å². The van der Waals surface area contributed by atoms with E-state index in [2.05, 4.69) is 47.3 Å². The van der Waals surface area contributed by atoms with E-state index in [0.717, 1.165) is 11.3 Å². The molecule has 110 valence electrons. The molecule has 0 saturated carbocycles. The molecule has 19 heavy (non-hydrogen) atoms. The van der Waals surface area contributed by atoms with E-state index in [9.17, 15) is 5.11 Å². The van der Waals surface area contributed by atoms with Crippen molar-refractivity contribution in [1.29, 1.82) is 0 Å². The zero-order valence-electron chi connectivity index (χ0n) is 12.9. The molecule has 0 aliphatic heterocycles. The Hall–Kier alpha value is -1.29. The van der Waals surface area contributed by atoms with Crippen LogP contribution in [0.1, 0.15) is 48.0 Å². The van der Waals surface area contributed by atoms with Crippen LogP contribution in [-0.4, -0.2) is 17.1 Å². The van der Waals surface area contributed by atoms with E-state index in [4.69, 9.17) is 10.5 Å². The van der Waals surface area contributed by atoms with Crippen LogP contribution in [0, 0.1) is 10.8 Å². The molecule has 0 bridgehead atoms. The van der Waals surface area contributed by atoms with E-state index < -0.39 is 5.60 Å². The van der Waals surface area contributed by atoms with Gasteiger partial charge in [0, 0.05) is 12.1 Å². The molecular formula is C15H28N2O2. The number of primary amides is 1. The second-order valence-electron chi connectivity index (χ2n) is 7.00. The summed E-state index contributed by atoms with van der Waals surface area (Å²) >= 11 is 0. The molecule has 0 aromatic carbocycles. The lowest BCUT2D eigenvalue weighted by atomic mass is 9.67. The third-order valence-corrected chi connectivity index (χ3v) is 3.54. The molecule has 0 saturated heterocycles. The van der Waals surface area contributed by atoms with Gasteiger partial charge in [0.1, 0.15) is 0 Å². The third kappa shape index (κ3) is 4.39. The lowest BCUT2D eigenvalue weighted by Gasteiger charge is -2.43. The zero-order chi connectivity index (χ0) is 15.5. The Kier molecular flexibility index (Phi) is 5.39. The highest BCUT2D eigenvalue weighted by molar-refractivity contribution is 5.42. The van der Waals surface area contributed by atoms with Crippen molar-refractivity contribution in [1.82, 2.24) is 0 Å². The maximum absolute atomic E-state index is 10.7. The number of hydrogen-bond donors (Lipinski definition) is 3. The topological polar surface area (TPSA) is 89.3 Å². The lowest BCUT2D eigenvalue weighted by Crippen LogP contribution is -2.44. The maximum atomic E-state index is 10.7. The highest BCUT2D eigenvalue weighted by Crippen LogP contribution is 2.44. The first kappa shape index (κ1) is 17.7. The van der Waals surface area contributed by atoms with E-state index in [0.29, 0.717) is 6.42 Å². The summed E-state index contributed by atoms with van der Waals surface area (Å²) < 4.78 is 0. The fourth-order valence-electron chi connectivity index (χ4n) is 1.97. The second kappa shape index (κ2) is 5.78. The van der Waals surface area contributed by atoms with Gasteiger partial charge in [0.15, 0.2) is 0 Å². The van der Waals surface area contributed by atoms with Gasteiger partial charge < -0.3 is 16.6 Å². The molecule has 4 heteroatoms. The maximum Gasteiger partial charge on any atom is 0.204 e. The largest absolute Gasteiger partial charge is 0.399 e. The van der Waals surface area contributed by atoms with E-state index >= 15 is 0 Å². The molecule has 1 amide bonds. The van der Waals surface area contributed by atoms with Crippen LogP contribution in [0.5, 0.6) is 0 Å². The highest BCUT2D eigenvalue weighted by atomic mass is 16.3. The molecular weight excluding hydrogens is 240 g/mol. The van der Waals surface area contributed by atoms with Crippen molar-refractivity contribution >= 4 is 6.41 Å². The summed E-state index contributed by atoms with van der Waals surface area (Å²) in [5.74, 6) is 0. The van der Waals surface area contributed by atoms with Crippen molar-refractivity contribution in [3.05, 3.63) is 23.4 Å². The molecule has 0 aromatic rings. The Morgan fingerprint density at radius 3 is 2.00 bits per heavy atom. The first-order valence-electron chi connectivity index (χ1n) is 6.45. The summed E-state index contributed by atoms with van der Waals surface area (Å²) in [6.07, 6.45) is 4.58. The number of carbonyl (C=O) groups excluding carboxylic acids is 1. The quantitative estimate of drug-likeness (QED) is 0.588. The monoisotopic (exact) mass is 268 g/mol. The highest BCUT2D eigenvalue weighted by Gasteiger charge is 2.42. The average Bonchev–Trinajstić information content (AvgIpc) is 2.20. The van der Waals surface area contributed by atoms with Crippen molar-refractivity contribution < 1.29 is 9.90 Å². The fraction of sp³-hybridized carbons (Fsp3) is 0.667. The average molecular weight is 268 g/mol. The number of rotatable bonds is 0. The van der Waals surface area contributed by atoms with Gasteiger partial charge in [0.05, 0.1) is 5.60 Å². The van der Waals surface area contributed by atoms with Gasteiger partial charge in [0.2, 0.25) is 6.41 Å². The van der Waals surface area contributed by atoms with Crippen molar-refractivity contribution in [3.63, 3.8) is 0 Å². The number of hydrogen-bond acceptors (Lipinski definition) is 3. The first-order chi connectivity index (χ1) is 8.39. The smallest absolute Gasteiger partial charge is 0.204 e. The Balaban J connectivity index is 0.000000982. The van der Waals surface area contributed by atoms with Gasteiger partial charge in [-0.1, -0.05) is 47.6 Å². The Labute approximate surface area is 116 Å². The number of nitrogens with two attached hydrogens (primary N) is 2. The van der Waals surface area contributed by atoms with Crippen LogP contribution >= 0.6 is 0 Å². The molecule has 4 nitrogen and oxygen atoms in total. The summed E-state index contributed by atoms with van der Waals surface area (Å²) in [7, 11) is 0. The van der Waals surface area contributed by atoms with Crippen molar-refractivity contribution in [2.45, 2.75) is 53.6 Å². The fourth-order valence-corrected chi connectivity index (χ4v) is 1.97. The van der Waals surface area contributed by atoms with Gasteiger partial charge >= 0.3 is 0 Å². The summed E-state index contributed by atoms with van der Waals surface area (Å²) in [5, 5.41) is 10.7. The van der Waals surface area contributed by atoms with E-state index in [1.807, 2.05) is 12.2 Å². The van der Waals surface area contributed by atoms with Gasteiger partial charge in [-0.2, -0.15) is 0 Å². The van der Waals surface area contributed by atoms with Crippen LogP contribution in [0.25, 0.3) is 0 Å². The van der Waals surface area contributed by atoms with Crippen LogP contribution in [-0.2, 0) is 4.79 Å². The standard InChI is InChI=1S/C14H25NO.CH3NO/c1-12(2,3)10-9-14(16,13(4,5)6)8-7-11(10)15;2-1-3/h7-8,16H,9,15H2,1-6H3;1H,(H2,2,3). The van der Waals surface area contributed by atoms with Crippen LogP contribution in [0.15, 0.2) is 23.4 Å². The molecule has 1 unspecified atom stereocenters. The normalized spacial score (nSPS) is 23.7. The predicted molar refractivity (Wildman–Crippen MR) is 79.1 cm³/mol. The van der Waals surface area contributed by atoms with Gasteiger partial charge in [-0.05, 0) is 22.5 Å². The van der Waals surface area contributed by atoms with Crippen molar-refractivity contribution in [2.24, 2.45) is 22.3 Å². The van der Waals surface area contributed by atoms with Gasteiger partial charge in [0.25, 0.3) is 0 Å². The molecule has 5 N–H and O–H groups in total. The predicted octanol–water partition coefficient (Wildman–Crippen LogP) is 2.08. The second-order valence-corrected chi connectivity index (χ2v) is 7.00. The zero-order valence-corrected chi connectivity index (χ0v) is 12.9. The Morgan fingerprint density at radius 2 is 1.68 bits per heavy atom. The van der Waals surface area contributed by atoms with E-state index in [1.165, 1.54) is 0 Å². The minimum Gasteiger partial charge on any atom is -0.399 e. The Morgan fingerprint density at radius 1 is 1.26 bits per heavy atom. The van der Waals surface area contributed by atoms with E-state index in [-0.39, 0.29) is 17.2 Å². The summed E-state index contributed by atoms with van der Waals surface area (Å²) in [4.78, 5) is 8.58. The molecule has 1 atom stereocenters. The van der Waals surface area contributed by atoms with Crippen molar-refractivity contribution in [3.8, 4) is 0 Å². The van der Waals surface area contributed by atoms with Gasteiger partial charge in [-0.15, -0.1) is 0 Å². The molecule has 1 aliphatic carbocycles. The van der Waals surface area contributed by atoms with Crippen LogP contribution in [0.4, 0.5) is 0 Å². The molecule has 0 radical (unpaired) electrons. The molecule has 0 aromatic heterocycles. The minimum absolute atomic E-state index is 0.00801. The van der Waals surface area contributed by atoms with Crippen LogP contribution in [0.2, 0.25) is 0 Å². The Bertz CT molecular complexity index is 384. The van der Waals surface area contributed by atoms with Crippen LogP contribution in [0.3, 0.4) is 0 Å². The molecule has 0 fully saturated rings. The number of amides is 1. The van der Waals surface area contributed by atoms with Gasteiger partial charge in [-0.25, -0.2) is 0 Å². The molecule has 0 heterocycles. The molecule has 1 aliphatic rings. The number of aliphatic hydroxyl groups is 1. The molecule has 1 rings (SSSR count). The third-order valence-electron chi connectivity index (χ3n) is 3.54. The van der Waals surface area contributed by atoms with Gasteiger partial charge in [-0.3, -0.25) is 4.79 Å². The lowest BCUT2D eigenvalue weighted by molar-refractivity contribution is -0.106. The first-order valence-corrected chi connectivity index (χ1v) is 6.45.